The molecule has 1 N–H and O–H groups in total. The van der Waals surface area contributed by atoms with E-state index in [1.165, 1.54) is 0 Å². The van der Waals surface area contributed by atoms with Crippen LogP contribution in [0.4, 0.5) is 11.4 Å². The number of Topliss-reactive ketones (excluding diaryl/α,β-unsaturated/α-hetero) is 2. The van der Waals surface area contributed by atoms with Gasteiger partial charge in [-0.2, -0.15) is 0 Å². The summed E-state index contributed by atoms with van der Waals surface area (Å²) in [6.45, 7) is 2.01. The second-order valence-corrected chi connectivity index (χ2v) is 11.2. The van der Waals surface area contributed by atoms with Gasteiger partial charge in [0.15, 0.2) is 11.6 Å². The monoisotopic (exact) mass is 570 g/mol. The van der Waals surface area contributed by atoms with Crippen molar-refractivity contribution in [1.29, 1.82) is 0 Å². The third kappa shape index (κ3) is 3.77. The quantitative estimate of drug-likeness (QED) is 0.289. The van der Waals surface area contributed by atoms with E-state index in [1.807, 2.05) is 60.4 Å². The standard InChI is InChI=1S/C36H30N2O5/c1-21-18-30-36(27-15-5-6-16-28(27)37-35(36)41)31(33(39)22-10-8-12-24(19-22)42-2)32(38(30)29-17-7-4-14-26(21)29)34(40)23-11-9-13-25(20-23)43-3/h4-20,30-32H,1-3H3,(H,37,41)/t30-,31+,32-,36-/m1/s1. The minimum absolute atomic E-state index is 0.262. The fraction of sp³-hybridized carbons (Fsp3) is 0.194. The lowest BCUT2D eigenvalue weighted by atomic mass is 9.64. The van der Waals surface area contributed by atoms with Gasteiger partial charge in [0.05, 0.1) is 26.2 Å². The van der Waals surface area contributed by atoms with Crippen molar-refractivity contribution in [2.45, 2.75) is 24.4 Å². The number of amides is 1. The highest BCUT2D eigenvalue weighted by atomic mass is 16.5. The zero-order valence-electron chi connectivity index (χ0n) is 24.0. The first-order valence-electron chi connectivity index (χ1n) is 14.2. The molecule has 214 valence electrons. The Kier molecular flexibility index (Phi) is 6.20. The first-order valence-corrected chi connectivity index (χ1v) is 14.2. The van der Waals surface area contributed by atoms with Gasteiger partial charge in [-0.1, -0.05) is 66.7 Å². The van der Waals surface area contributed by atoms with Gasteiger partial charge in [0.2, 0.25) is 5.91 Å². The minimum Gasteiger partial charge on any atom is -0.497 e. The summed E-state index contributed by atoms with van der Waals surface area (Å²) in [7, 11) is 3.09. The van der Waals surface area contributed by atoms with Crippen LogP contribution < -0.4 is 19.7 Å². The second-order valence-electron chi connectivity index (χ2n) is 11.2. The highest BCUT2D eigenvalue weighted by Crippen LogP contribution is 2.58. The van der Waals surface area contributed by atoms with E-state index in [2.05, 4.69) is 11.4 Å². The van der Waals surface area contributed by atoms with Crippen molar-refractivity contribution in [2.75, 3.05) is 24.4 Å². The Morgan fingerprint density at radius 1 is 0.791 bits per heavy atom. The molecule has 4 atom stereocenters. The fourth-order valence-corrected chi connectivity index (χ4v) is 7.29. The third-order valence-electron chi connectivity index (χ3n) is 9.14. The van der Waals surface area contributed by atoms with E-state index in [1.54, 1.807) is 62.8 Å². The van der Waals surface area contributed by atoms with E-state index in [0.29, 0.717) is 33.9 Å². The summed E-state index contributed by atoms with van der Waals surface area (Å²) in [6.07, 6.45) is 2.05. The number of carbonyl (C=O) groups is 3. The molecular weight excluding hydrogens is 540 g/mol. The third-order valence-corrected chi connectivity index (χ3v) is 9.14. The van der Waals surface area contributed by atoms with Crippen LogP contribution in [0.25, 0.3) is 5.57 Å². The van der Waals surface area contributed by atoms with Gasteiger partial charge in [-0.05, 0) is 54.5 Å². The molecule has 7 heteroatoms. The Balaban J connectivity index is 1.55. The van der Waals surface area contributed by atoms with Gasteiger partial charge in [-0.15, -0.1) is 0 Å². The normalized spacial score (nSPS) is 23.1. The van der Waals surface area contributed by atoms with Crippen molar-refractivity contribution in [1.82, 2.24) is 0 Å². The maximum Gasteiger partial charge on any atom is 0.238 e. The van der Waals surface area contributed by atoms with Crippen LogP contribution in [-0.2, 0) is 10.2 Å². The number of methoxy groups -OCH3 is 2. The molecular formula is C36H30N2O5. The summed E-state index contributed by atoms with van der Waals surface area (Å²) in [5.74, 6) is -0.878. The molecule has 4 aromatic carbocycles. The fourth-order valence-electron chi connectivity index (χ4n) is 7.29. The molecule has 1 amide bonds. The van der Waals surface area contributed by atoms with Crippen molar-refractivity contribution in [3.05, 3.63) is 125 Å². The molecule has 0 aromatic heterocycles. The number of carbonyl (C=O) groups excluding carboxylic acids is 3. The molecule has 1 spiro atoms. The van der Waals surface area contributed by atoms with Gasteiger partial charge >= 0.3 is 0 Å². The number of anilines is 2. The van der Waals surface area contributed by atoms with Gasteiger partial charge in [0.25, 0.3) is 0 Å². The highest BCUT2D eigenvalue weighted by Gasteiger charge is 2.70. The molecule has 0 radical (unpaired) electrons. The lowest BCUT2D eigenvalue weighted by Crippen LogP contribution is -2.51. The Morgan fingerprint density at radius 3 is 2.12 bits per heavy atom. The number of allylic oxidation sites excluding steroid dienone is 1. The van der Waals surface area contributed by atoms with Gasteiger partial charge in [-0.25, -0.2) is 0 Å². The predicted octanol–water partition coefficient (Wildman–Crippen LogP) is 5.95. The Bertz CT molecular complexity index is 1840. The molecule has 7 rings (SSSR count). The largest absolute Gasteiger partial charge is 0.497 e. The lowest BCUT2D eigenvalue weighted by Gasteiger charge is -2.39. The van der Waals surface area contributed by atoms with E-state index in [9.17, 15) is 14.4 Å². The molecule has 0 saturated carbocycles. The van der Waals surface area contributed by atoms with Crippen LogP contribution in [0.1, 0.15) is 38.8 Å². The molecule has 0 aliphatic carbocycles. The number of ether oxygens (including phenoxy) is 2. The first-order chi connectivity index (χ1) is 20.9. The van der Waals surface area contributed by atoms with Gasteiger partial charge in [0, 0.05) is 28.1 Å². The number of fused-ring (bicyclic) bond motifs is 6. The molecule has 3 aliphatic heterocycles. The van der Waals surface area contributed by atoms with E-state index in [0.717, 1.165) is 16.8 Å². The summed E-state index contributed by atoms with van der Waals surface area (Å²) < 4.78 is 10.9. The van der Waals surface area contributed by atoms with Crippen LogP contribution in [0.2, 0.25) is 0 Å². The number of ketones is 2. The van der Waals surface area contributed by atoms with Crippen molar-refractivity contribution in [2.24, 2.45) is 5.92 Å². The maximum atomic E-state index is 15.0. The topological polar surface area (TPSA) is 84.9 Å². The van der Waals surface area contributed by atoms with Crippen molar-refractivity contribution in [3.63, 3.8) is 0 Å². The summed E-state index contributed by atoms with van der Waals surface area (Å²) in [4.78, 5) is 46.4. The van der Waals surface area contributed by atoms with Crippen LogP contribution in [0.3, 0.4) is 0 Å². The number of hydrogen-bond donors (Lipinski definition) is 1. The molecule has 0 unspecified atom stereocenters. The average Bonchev–Trinajstić information content (AvgIpc) is 3.52. The van der Waals surface area contributed by atoms with Crippen LogP contribution in [-0.4, -0.2) is 43.8 Å². The Labute approximate surface area is 249 Å². The highest BCUT2D eigenvalue weighted by molar-refractivity contribution is 6.18. The number of benzene rings is 4. The Hall–Kier alpha value is -5.17. The van der Waals surface area contributed by atoms with Gasteiger partial charge in [-0.3, -0.25) is 14.4 Å². The van der Waals surface area contributed by atoms with Gasteiger partial charge < -0.3 is 19.7 Å². The van der Waals surface area contributed by atoms with E-state index in [4.69, 9.17) is 9.47 Å². The molecule has 4 aromatic rings. The zero-order chi connectivity index (χ0) is 29.9. The van der Waals surface area contributed by atoms with Crippen LogP contribution in [0.5, 0.6) is 11.5 Å². The molecule has 3 heterocycles. The van der Waals surface area contributed by atoms with Crippen molar-refractivity contribution >= 4 is 34.4 Å². The van der Waals surface area contributed by atoms with Crippen LogP contribution in [0, 0.1) is 5.92 Å². The summed E-state index contributed by atoms with van der Waals surface area (Å²) >= 11 is 0. The van der Waals surface area contributed by atoms with Crippen LogP contribution >= 0.6 is 0 Å². The van der Waals surface area contributed by atoms with Crippen molar-refractivity contribution in [3.8, 4) is 11.5 Å². The SMILES string of the molecule is COc1cccc(C(=O)[C@@H]2[C@H](C(=O)c3cccc(OC)c3)N3c4ccccc4C(C)=C[C@@H]3[C@@]23C(=O)Nc2ccccc23)c1. The summed E-state index contributed by atoms with van der Waals surface area (Å²) in [5.41, 5.74) is 3.50. The van der Waals surface area contributed by atoms with E-state index in [-0.39, 0.29) is 17.5 Å². The number of nitrogens with one attached hydrogen (secondary N) is 1. The number of nitrogens with zero attached hydrogens (tertiary/aromatic N) is 1. The molecule has 3 aliphatic rings. The molecule has 1 fully saturated rings. The summed E-state index contributed by atoms with van der Waals surface area (Å²) in [6, 6.07) is 27.6. The summed E-state index contributed by atoms with van der Waals surface area (Å²) in [5, 5.41) is 3.08. The average molecular weight is 571 g/mol. The number of para-hydroxylation sites is 2. The molecule has 0 bridgehead atoms. The van der Waals surface area contributed by atoms with Crippen molar-refractivity contribution < 1.29 is 23.9 Å². The smallest absolute Gasteiger partial charge is 0.238 e. The molecule has 7 nitrogen and oxygen atoms in total. The first kappa shape index (κ1) is 26.7. The zero-order valence-corrected chi connectivity index (χ0v) is 24.0. The van der Waals surface area contributed by atoms with Gasteiger partial charge in [0.1, 0.15) is 23.0 Å². The Morgan fingerprint density at radius 2 is 1.42 bits per heavy atom. The lowest BCUT2D eigenvalue weighted by molar-refractivity contribution is -0.121. The second kappa shape index (κ2) is 9.98. The predicted molar refractivity (Wildman–Crippen MR) is 165 cm³/mol. The number of hydrogen-bond acceptors (Lipinski definition) is 6. The van der Waals surface area contributed by atoms with Crippen LogP contribution in [0.15, 0.2) is 103 Å². The van der Waals surface area contributed by atoms with E-state index < -0.39 is 23.4 Å². The molecule has 43 heavy (non-hydrogen) atoms. The molecule has 1 saturated heterocycles. The number of rotatable bonds is 6. The maximum absolute atomic E-state index is 15.0. The van der Waals surface area contributed by atoms with E-state index >= 15 is 0 Å². The minimum atomic E-state index is -1.38.